The Hall–Kier alpha value is 1.35. The quantitative estimate of drug-likeness (QED) is 0.114. The smallest absolute Gasteiger partial charge is 0.354 e. The van der Waals surface area contributed by atoms with Gasteiger partial charge in [0, 0.05) is 121 Å². The Balaban J connectivity index is 0. The average molecular weight is 514 g/mol. The van der Waals surface area contributed by atoms with Crippen molar-refractivity contribution in [2.75, 3.05) is 13.1 Å². The molecule has 2 N–H and O–H groups in total. The zero-order valence-electron chi connectivity index (χ0n) is 21.4. The molecular weight excluding hydrogens is 472 g/mol. The summed E-state index contributed by atoms with van der Waals surface area (Å²) in [6.45, 7) is 5.40. The van der Waals surface area contributed by atoms with Gasteiger partial charge in [0.25, 0.3) is 0 Å². The Morgan fingerprint density at radius 3 is 1.52 bits per heavy atom. The number of carboxylic acid groups (broad SMARTS) is 2. The van der Waals surface area contributed by atoms with Crippen LogP contribution in [-0.4, -0.2) is 143 Å². The van der Waals surface area contributed by atoms with E-state index in [1.54, 1.807) is 23.3 Å². The van der Waals surface area contributed by atoms with E-state index in [1.807, 2.05) is 0 Å². The number of hydrogen-bond donors (Lipinski definition) is 2. The second-order valence-corrected chi connectivity index (χ2v) is 8.21. The molecule has 0 aliphatic rings. The third-order valence-corrected chi connectivity index (χ3v) is 5.57. The molecule has 0 unspecified atom stereocenters. The molecule has 0 heterocycles. The molecule has 1 aromatic rings. The summed E-state index contributed by atoms with van der Waals surface area (Å²) < 4.78 is 0. The van der Waals surface area contributed by atoms with Gasteiger partial charge in [-0.25, -0.2) is 9.59 Å². The topological polar surface area (TPSA) is 87.1 Å². The van der Waals surface area contributed by atoms with Crippen LogP contribution < -0.4 is 0 Å². The predicted octanol–water partition coefficient (Wildman–Crippen LogP) is 5.24. The van der Waals surface area contributed by atoms with Gasteiger partial charge in [-0.3, -0.25) is 4.84 Å². The zero-order chi connectivity index (χ0) is 23.0. The van der Waals surface area contributed by atoms with Crippen molar-refractivity contribution >= 4 is 115 Å². The van der Waals surface area contributed by atoms with Gasteiger partial charge in [0.2, 0.25) is 0 Å². The molecule has 8 heteroatoms. The van der Waals surface area contributed by atoms with Crippen LogP contribution in [0.3, 0.4) is 0 Å². The van der Waals surface area contributed by atoms with Gasteiger partial charge in [-0.05, 0) is 12.8 Å². The van der Waals surface area contributed by atoms with E-state index in [0.29, 0.717) is 13.1 Å². The Morgan fingerprint density at radius 1 is 0.727 bits per heavy atom. The summed E-state index contributed by atoms with van der Waals surface area (Å²) in [5, 5.41) is 21.4. The van der Waals surface area contributed by atoms with E-state index >= 15 is 0 Å². The van der Waals surface area contributed by atoms with Crippen molar-refractivity contribution < 1.29 is 24.6 Å². The predicted molar refractivity (Wildman–Crippen MR) is 134 cm³/mol. The molecule has 0 aliphatic carbocycles. The van der Waals surface area contributed by atoms with Gasteiger partial charge in [-0.2, -0.15) is 5.06 Å². The second kappa shape index (κ2) is 22.5. The summed E-state index contributed by atoms with van der Waals surface area (Å²) >= 11 is 0. The largest absolute Gasteiger partial charge is 0.478 e. The molecule has 0 aromatic heterocycles. The minimum atomic E-state index is -2.44. The van der Waals surface area contributed by atoms with Crippen LogP contribution in [0.25, 0.3) is 0 Å². The molecule has 33 heavy (non-hydrogen) atoms. The number of hydrogen-bond acceptors (Lipinski definition) is 4. The van der Waals surface area contributed by atoms with E-state index < -0.39 is 17.5 Å². The molecule has 0 atom stereocenters. The zero-order valence-corrected chi connectivity index (χ0v) is 27.6. The van der Waals surface area contributed by atoms with Crippen molar-refractivity contribution in [1.82, 2.24) is 5.06 Å². The molecule has 0 spiro atoms. The summed E-state index contributed by atoms with van der Waals surface area (Å²) in [5.41, 5.74) is -2.32. The first-order valence-electron chi connectivity index (χ1n) is 11.9. The first-order chi connectivity index (χ1) is 15.0. The van der Waals surface area contributed by atoms with Crippen LogP contribution in [0, 0.1) is 0 Å². The normalized spacial score (nSPS) is 11.0. The number of aliphatic carboxylic acids is 2. The van der Waals surface area contributed by atoms with Crippen LogP contribution in [0.15, 0.2) is 30.3 Å². The van der Waals surface area contributed by atoms with Crippen LogP contribution >= 0.6 is 0 Å². The minimum Gasteiger partial charge on any atom is -0.478 e. The van der Waals surface area contributed by atoms with Crippen molar-refractivity contribution in [2.24, 2.45) is 0 Å². The molecule has 0 aliphatic heterocycles. The number of unbranched alkanes of at least 4 members (excludes halogenated alkanes) is 10. The third-order valence-electron chi connectivity index (χ3n) is 5.57. The van der Waals surface area contributed by atoms with Crippen molar-refractivity contribution in [2.45, 2.75) is 96.5 Å². The van der Waals surface area contributed by atoms with Crippen LogP contribution in [-0.2, 0) is 20.0 Å². The molecule has 0 saturated carbocycles. The van der Waals surface area contributed by atoms with E-state index in [2.05, 4.69) is 13.8 Å². The molecule has 0 amide bonds. The van der Waals surface area contributed by atoms with E-state index in [-0.39, 0.29) is 108 Å². The minimum absolute atomic E-state index is 0. The van der Waals surface area contributed by atoms with E-state index in [1.165, 1.54) is 50.7 Å². The van der Waals surface area contributed by atoms with Gasteiger partial charge in [0.05, 0.1) is 0 Å². The first kappa shape index (κ1) is 36.5. The fourth-order valence-electron chi connectivity index (χ4n) is 3.68. The van der Waals surface area contributed by atoms with Crippen LogP contribution in [0.5, 0.6) is 0 Å². The number of nitrogens with zero attached hydrogens (tertiary/aromatic N) is 1. The molecule has 6 nitrogen and oxygen atoms in total. The van der Waals surface area contributed by atoms with Gasteiger partial charge in [-0.1, -0.05) is 108 Å². The van der Waals surface area contributed by atoms with E-state index in [9.17, 15) is 19.8 Å². The van der Waals surface area contributed by atoms with Gasteiger partial charge in [0.15, 0.2) is 0 Å². The Morgan fingerprint density at radius 2 is 1.12 bits per heavy atom. The van der Waals surface area contributed by atoms with Crippen molar-refractivity contribution in [3.8, 4) is 0 Å². The van der Waals surface area contributed by atoms with Crippen molar-refractivity contribution in [3.05, 3.63) is 35.9 Å². The summed E-state index contributed by atoms with van der Waals surface area (Å²) in [6, 6.07) is 7.98. The summed E-state index contributed by atoms with van der Waals surface area (Å²) in [4.78, 5) is 30.2. The number of rotatable bonds is 19. The number of hydroxylamine groups is 2. The molecule has 1 aromatic carbocycles. The van der Waals surface area contributed by atoms with E-state index in [0.717, 1.165) is 38.5 Å². The first-order valence-corrected chi connectivity index (χ1v) is 11.9. The average Bonchev–Trinajstić information content (AvgIpc) is 2.76. The molecule has 0 fully saturated rings. The maximum atomic E-state index is 12.2. The molecule has 0 bridgehead atoms. The number of carboxylic acids is 2. The van der Waals surface area contributed by atoms with E-state index in [4.69, 9.17) is 4.84 Å². The molecule has 2 radical (unpaired) electrons. The molecule has 0 saturated heterocycles. The van der Waals surface area contributed by atoms with Gasteiger partial charge >= 0.3 is 17.5 Å². The van der Waals surface area contributed by atoms with Crippen LogP contribution in [0.1, 0.15) is 96.5 Å². The van der Waals surface area contributed by atoms with Gasteiger partial charge in [0.1, 0.15) is 0 Å². The standard InChI is InChI=1S/C25H41NO5.2K/c1-3-5-7-9-11-16-20-26(21-17-12-10-8-6-4-2)31-25(23(27)28,24(29)30)22-18-14-13-15-19-22;;/h13-15,18-19H,3-12,16-17,20-21H2,1-2H3,(H,27,28)(H,29,30);;. The molecular formula is C25H41K2NO5. The van der Waals surface area contributed by atoms with Crippen molar-refractivity contribution in [1.29, 1.82) is 0 Å². The molecule has 1 rings (SSSR count). The van der Waals surface area contributed by atoms with Gasteiger partial charge in [-0.15, -0.1) is 0 Å². The maximum Gasteiger partial charge on any atom is 0.354 e. The summed E-state index contributed by atoms with van der Waals surface area (Å²) in [6.07, 6.45) is 13.2. The van der Waals surface area contributed by atoms with Crippen LogP contribution in [0.2, 0.25) is 0 Å². The maximum absolute atomic E-state index is 12.2. The number of carbonyl (C=O) groups is 2. The Bertz CT molecular complexity index is 600. The van der Waals surface area contributed by atoms with Crippen molar-refractivity contribution in [3.63, 3.8) is 0 Å². The molecule has 178 valence electrons. The SMILES string of the molecule is CCCCCCCCN(CCCCCCCC)OC(C(=O)O)(C(=O)O)c1ccccc1.[K].[K]. The Labute approximate surface area is 285 Å². The Kier molecular flexibility index (Phi) is 24.9. The summed E-state index contributed by atoms with van der Waals surface area (Å²) in [5.74, 6) is -3.02. The fraction of sp³-hybridized carbons (Fsp3) is 0.680. The summed E-state index contributed by atoms with van der Waals surface area (Å²) in [7, 11) is 0. The monoisotopic (exact) mass is 513 g/mol. The second-order valence-electron chi connectivity index (χ2n) is 8.21. The number of benzene rings is 1. The fourth-order valence-corrected chi connectivity index (χ4v) is 3.68. The van der Waals surface area contributed by atoms with Crippen LogP contribution in [0.4, 0.5) is 0 Å². The third kappa shape index (κ3) is 14.0. The van der Waals surface area contributed by atoms with Gasteiger partial charge < -0.3 is 10.2 Å².